The van der Waals surface area contributed by atoms with E-state index in [1.807, 2.05) is 6.20 Å². The van der Waals surface area contributed by atoms with E-state index in [0.29, 0.717) is 23.8 Å². The van der Waals surface area contributed by atoms with Crippen LogP contribution in [0.1, 0.15) is 27.4 Å². The molecule has 3 heterocycles. The number of amides is 1. The number of carbonyl (C=O) groups excluding carboxylic acids is 1. The summed E-state index contributed by atoms with van der Waals surface area (Å²) in [6, 6.07) is 7.96. The lowest BCUT2D eigenvalue weighted by Gasteiger charge is -2.06. The summed E-state index contributed by atoms with van der Waals surface area (Å²) < 4.78 is 1.47. The van der Waals surface area contributed by atoms with Crippen LogP contribution in [-0.2, 0) is 6.42 Å². The second kappa shape index (κ2) is 6.01. The van der Waals surface area contributed by atoms with Crippen LogP contribution in [0.25, 0.3) is 16.7 Å². The number of H-pyrrole nitrogens is 1. The number of aromatic amines is 1. The molecule has 2 N–H and O–H groups in total. The Balaban J connectivity index is 1.49. The Morgan fingerprint density at radius 2 is 2.16 bits per heavy atom. The van der Waals surface area contributed by atoms with Gasteiger partial charge in [-0.25, -0.2) is 4.98 Å². The average molecular weight is 334 g/mol. The van der Waals surface area contributed by atoms with Crippen molar-refractivity contribution in [3.8, 4) is 0 Å². The third-order valence-corrected chi connectivity index (χ3v) is 4.18. The molecule has 0 bridgehead atoms. The summed E-state index contributed by atoms with van der Waals surface area (Å²) in [5.74, 6) is 0.826. The van der Waals surface area contributed by atoms with E-state index in [9.17, 15) is 4.79 Å². The van der Waals surface area contributed by atoms with E-state index >= 15 is 0 Å². The third kappa shape index (κ3) is 2.84. The second-order valence-corrected chi connectivity index (χ2v) is 6.07. The Hall–Kier alpha value is -3.22. The number of hydrogen-bond acceptors (Lipinski definition) is 4. The minimum atomic E-state index is -0.187. The molecule has 126 valence electrons. The molecule has 0 atom stereocenters. The van der Waals surface area contributed by atoms with Crippen molar-refractivity contribution in [1.29, 1.82) is 0 Å². The molecule has 0 spiro atoms. The van der Waals surface area contributed by atoms with Gasteiger partial charge in [-0.1, -0.05) is 11.6 Å². The molecule has 4 rings (SSSR count). The van der Waals surface area contributed by atoms with Gasteiger partial charge in [0.25, 0.3) is 11.7 Å². The standard InChI is InChI=1S/C18H18N6O/c1-11-3-4-15-14(9-11)13(10-21-15)5-7-19-17(25)16-6-8-20-18-22-12(2)23-24(16)18/h3-4,6,8-10,21H,5,7H2,1-2H3,(H,19,25). The van der Waals surface area contributed by atoms with Gasteiger partial charge < -0.3 is 10.3 Å². The lowest BCUT2D eigenvalue weighted by molar-refractivity contribution is 0.0946. The van der Waals surface area contributed by atoms with E-state index in [0.717, 1.165) is 11.9 Å². The van der Waals surface area contributed by atoms with Crippen LogP contribution in [0.15, 0.2) is 36.7 Å². The quantitative estimate of drug-likeness (QED) is 0.599. The number of benzene rings is 1. The molecule has 4 aromatic rings. The van der Waals surface area contributed by atoms with Crippen LogP contribution in [-0.4, -0.2) is 37.0 Å². The predicted molar refractivity (Wildman–Crippen MR) is 94.6 cm³/mol. The van der Waals surface area contributed by atoms with Crippen molar-refractivity contribution in [2.75, 3.05) is 6.54 Å². The zero-order valence-electron chi connectivity index (χ0n) is 14.1. The Kier molecular flexibility index (Phi) is 3.68. The molecule has 0 aliphatic rings. The minimum Gasteiger partial charge on any atom is -0.361 e. The van der Waals surface area contributed by atoms with Crippen molar-refractivity contribution >= 4 is 22.6 Å². The van der Waals surface area contributed by atoms with Crippen LogP contribution in [0, 0.1) is 13.8 Å². The number of rotatable bonds is 4. The van der Waals surface area contributed by atoms with Gasteiger partial charge in [-0.3, -0.25) is 4.79 Å². The van der Waals surface area contributed by atoms with E-state index in [1.165, 1.54) is 21.0 Å². The zero-order chi connectivity index (χ0) is 17.4. The summed E-state index contributed by atoms with van der Waals surface area (Å²) >= 11 is 0. The number of aryl methyl sites for hydroxylation is 2. The number of nitrogens with one attached hydrogen (secondary N) is 2. The number of nitrogens with zero attached hydrogens (tertiary/aromatic N) is 4. The molecular formula is C18H18N6O. The van der Waals surface area contributed by atoms with Crippen LogP contribution in [0.4, 0.5) is 0 Å². The lowest BCUT2D eigenvalue weighted by Crippen LogP contribution is -2.27. The summed E-state index contributed by atoms with van der Waals surface area (Å²) in [4.78, 5) is 24.0. The fourth-order valence-electron chi connectivity index (χ4n) is 2.97. The van der Waals surface area contributed by atoms with Gasteiger partial charge >= 0.3 is 0 Å². The Morgan fingerprint density at radius 3 is 3.04 bits per heavy atom. The smallest absolute Gasteiger partial charge is 0.270 e. The first-order valence-electron chi connectivity index (χ1n) is 8.15. The van der Waals surface area contributed by atoms with Crippen molar-refractivity contribution in [2.24, 2.45) is 0 Å². The highest BCUT2D eigenvalue weighted by Crippen LogP contribution is 2.19. The summed E-state index contributed by atoms with van der Waals surface area (Å²) in [6.45, 7) is 4.39. The molecule has 3 aromatic heterocycles. The monoisotopic (exact) mass is 334 g/mol. The van der Waals surface area contributed by atoms with Crippen molar-refractivity contribution in [3.63, 3.8) is 0 Å². The fourth-order valence-corrected chi connectivity index (χ4v) is 2.97. The predicted octanol–water partition coefficient (Wildman–Crippen LogP) is 2.19. The number of carbonyl (C=O) groups is 1. The van der Waals surface area contributed by atoms with Gasteiger partial charge in [0, 0.05) is 29.8 Å². The van der Waals surface area contributed by atoms with Crippen LogP contribution >= 0.6 is 0 Å². The second-order valence-electron chi connectivity index (χ2n) is 6.07. The van der Waals surface area contributed by atoms with E-state index in [4.69, 9.17) is 0 Å². The fraction of sp³-hybridized carbons (Fsp3) is 0.222. The molecule has 7 nitrogen and oxygen atoms in total. The molecular weight excluding hydrogens is 316 g/mol. The molecule has 1 aromatic carbocycles. The number of hydrogen-bond donors (Lipinski definition) is 2. The van der Waals surface area contributed by atoms with Crippen LogP contribution in [0.5, 0.6) is 0 Å². The van der Waals surface area contributed by atoms with Crippen molar-refractivity contribution < 1.29 is 4.79 Å². The van der Waals surface area contributed by atoms with Gasteiger partial charge in [0.2, 0.25) is 0 Å². The van der Waals surface area contributed by atoms with E-state index in [-0.39, 0.29) is 5.91 Å². The maximum Gasteiger partial charge on any atom is 0.270 e. The largest absolute Gasteiger partial charge is 0.361 e. The highest BCUT2D eigenvalue weighted by molar-refractivity contribution is 5.92. The van der Waals surface area contributed by atoms with Gasteiger partial charge in [0.05, 0.1) is 0 Å². The maximum absolute atomic E-state index is 12.5. The van der Waals surface area contributed by atoms with E-state index < -0.39 is 0 Å². The average Bonchev–Trinajstić information content (AvgIpc) is 3.16. The lowest BCUT2D eigenvalue weighted by atomic mass is 10.1. The summed E-state index contributed by atoms with van der Waals surface area (Å²) in [5, 5.41) is 8.37. The molecule has 0 saturated heterocycles. The minimum absolute atomic E-state index is 0.187. The molecule has 0 fully saturated rings. The normalized spacial score (nSPS) is 11.3. The summed E-state index contributed by atoms with van der Waals surface area (Å²) in [5.41, 5.74) is 3.95. The van der Waals surface area contributed by atoms with E-state index in [2.05, 4.69) is 50.5 Å². The van der Waals surface area contributed by atoms with Gasteiger partial charge in [0.1, 0.15) is 11.5 Å². The zero-order valence-corrected chi connectivity index (χ0v) is 14.1. The van der Waals surface area contributed by atoms with Crippen molar-refractivity contribution in [1.82, 2.24) is 29.9 Å². The summed E-state index contributed by atoms with van der Waals surface area (Å²) in [6.07, 6.45) is 4.32. The first kappa shape index (κ1) is 15.3. The maximum atomic E-state index is 12.5. The molecule has 0 unspecified atom stereocenters. The first-order chi connectivity index (χ1) is 12.1. The Morgan fingerprint density at radius 1 is 1.28 bits per heavy atom. The SMILES string of the molecule is Cc1ccc2[nH]cc(CCNC(=O)c3ccnc4nc(C)nn34)c2c1. The summed E-state index contributed by atoms with van der Waals surface area (Å²) in [7, 11) is 0. The van der Waals surface area contributed by atoms with Gasteiger partial charge in [-0.2, -0.15) is 9.50 Å². The van der Waals surface area contributed by atoms with Crippen molar-refractivity contribution in [3.05, 3.63) is 59.3 Å². The van der Waals surface area contributed by atoms with E-state index in [1.54, 1.807) is 19.2 Å². The third-order valence-electron chi connectivity index (χ3n) is 4.18. The molecule has 0 aliphatic heterocycles. The van der Waals surface area contributed by atoms with Crippen LogP contribution in [0.2, 0.25) is 0 Å². The Bertz CT molecular complexity index is 1080. The highest BCUT2D eigenvalue weighted by atomic mass is 16.2. The molecule has 0 aliphatic carbocycles. The molecule has 25 heavy (non-hydrogen) atoms. The molecule has 0 radical (unpaired) electrons. The van der Waals surface area contributed by atoms with Gasteiger partial charge in [0.15, 0.2) is 0 Å². The van der Waals surface area contributed by atoms with Gasteiger partial charge in [-0.15, -0.1) is 5.10 Å². The van der Waals surface area contributed by atoms with Gasteiger partial charge in [-0.05, 0) is 44.0 Å². The topological polar surface area (TPSA) is 88.0 Å². The first-order valence-corrected chi connectivity index (χ1v) is 8.15. The Labute approximate surface area is 144 Å². The number of aromatic nitrogens is 5. The van der Waals surface area contributed by atoms with Crippen LogP contribution < -0.4 is 5.32 Å². The van der Waals surface area contributed by atoms with Crippen LogP contribution in [0.3, 0.4) is 0 Å². The highest BCUT2D eigenvalue weighted by Gasteiger charge is 2.13. The number of fused-ring (bicyclic) bond motifs is 2. The molecule has 7 heteroatoms. The van der Waals surface area contributed by atoms with Crippen molar-refractivity contribution in [2.45, 2.75) is 20.3 Å². The molecule has 1 amide bonds. The molecule has 0 saturated carbocycles.